The Morgan fingerprint density at radius 1 is 1.03 bits per heavy atom. The summed E-state index contributed by atoms with van der Waals surface area (Å²) in [6, 6.07) is 8.43. The highest BCUT2D eigenvalue weighted by Crippen LogP contribution is 2.29. The standard InChI is InChI=1S/C24H18F5N5O/c1-3-7-13(19-12-20(30)34-23(33-19)24(27,28)29)16(4-2)32-22(35)18-11-6-10-17(31-18)21-14(25)8-5-9-15(21)26/h3-12H,2H2,1H3,(H,32,35)(H2,30,33,34)/b7-3-,16-13-. The minimum atomic E-state index is -4.85. The van der Waals surface area contributed by atoms with E-state index >= 15 is 0 Å². The fourth-order valence-corrected chi connectivity index (χ4v) is 3.07. The molecule has 2 heterocycles. The molecule has 0 aliphatic heterocycles. The van der Waals surface area contributed by atoms with Gasteiger partial charge in [-0.2, -0.15) is 13.2 Å². The van der Waals surface area contributed by atoms with Crippen LogP contribution in [0.2, 0.25) is 0 Å². The van der Waals surface area contributed by atoms with Crippen LogP contribution in [0, 0.1) is 11.6 Å². The summed E-state index contributed by atoms with van der Waals surface area (Å²) < 4.78 is 67.8. The Morgan fingerprint density at radius 3 is 2.29 bits per heavy atom. The first-order valence-electron chi connectivity index (χ1n) is 9.99. The van der Waals surface area contributed by atoms with Crippen LogP contribution < -0.4 is 11.1 Å². The quantitative estimate of drug-likeness (QED) is 0.363. The lowest BCUT2D eigenvalue weighted by Gasteiger charge is -2.13. The molecule has 1 aromatic carbocycles. The van der Waals surface area contributed by atoms with Crippen molar-refractivity contribution in [3.05, 3.63) is 102 Å². The normalized spacial score (nSPS) is 12.4. The second kappa shape index (κ2) is 10.2. The lowest BCUT2D eigenvalue weighted by molar-refractivity contribution is -0.144. The summed E-state index contributed by atoms with van der Waals surface area (Å²) in [7, 11) is 0. The fraction of sp³-hybridized carbons (Fsp3) is 0.0833. The summed E-state index contributed by atoms with van der Waals surface area (Å²) in [5.74, 6) is -4.41. The lowest BCUT2D eigenvalue weighted by atomic mass is 10.1. The van der Waals surface area contributed by atoms with Gasteiger partial charge in [0.1, 0.15) is 23.1 Å². The second-order valence-electron chi connectivity index (χ2n) is 6.99. The van der Waals surface area contributed by atoms with Crippen molar-refractivity contribution in [3.8, 4) is 11.3 Å². The molecule has 3 rings (SSSR count). The van der Waals surface area contributed by atoms with E-state index in [2.05, 4.69) is 26.8 Å². The lowest BCUT2D eigenvalue weighted by Crippen LogP contribution is -2.24. The van der Waals surface area contributed by atoms with Crippen LogP contribution >= 0.6 is 0 Å². The van der Waals surface area contributed by atoms with Crippen LogP contribution in [0.3, 0.4) is 0 Å². The van der Waals surface area contributed by atoms with Gasteiger partial charge >= 0.3 is 6.18 Å². The molecule has 0 spiro atoms. The summed E-state index contributed by atoms with van der Waals surface area (Å²) in [5, 5.41) is 2.49. The average Bonchev–Trinajstić information content (AvgIpc) is 2.80. The van der Waals surface area contributed by atoms with Gasteiger partial charge in [0.2, 0.25) is 5.82 Å². The third kappa shape index (κ3) is 5.75. The van der Waals surface area contributed by atoms with Gasteiger partial charge in [-0.25, -0.2) is 23.7 Å². The van der Waals surface area contributed by atoms with Crippen LogP contribution in [0.5, 0.6) is 0 Å². The van der Waals surface area contributed by atoms with Gasteiger partial charge in [-0.3, -0.25) is 4.79 Å². The number of halogens is 5. The van der Waals surface area contributed by atoms with Crippen molar-refractivity contribution in [1.29, 1.82) is 0 Å². The van der Waals surface area contributed by atoms with Gasteiger partial charge in [0.15, 0.2) is 0 Å². The van der Waals surface area contributed by atoms with Crippen LogP contribution in [0.25, 0.3) is 16.8 Å². The first-order valence-corrected chi connectivity index (χ1v) is 9.99. The number of carbonyl (C=O) groups is 1. The average molecular weight is 487 g/mol. The van der Waals surface area contributed by atoms with E-state index in [0.29, 0.717) is 0 Å². The molecule has 11 heteroatoms. The zero-order valence-corrected chi connectivity index (χ0v) is 18.2. The topological polar surface area (TPSA) is 93.8 Å². The van der Waals surface area contributed by atoms with Crippen LogP contribution in [0.15, 0.2) is 73.0 Å². The van der Waals surface area contributed by atoms with Crippen LogP contribution in [0.1, 0.15) is 28.9 Å². The molecule has 2 aromatic heterocycles. The Morgan fingerprint density at radius 2 is 1.69 bits per heavy atom. The van der Waals surface area contributed by atoms with Crippen molar-refractivity contribution < 1.29 is 26.7 Å². The molecule has 6 nitrogen and oxygen atoms in total. The number of aromatic nitrogens is 3. The van der Waals surface area contributed by atoms with Gasteiger partial charge in [-0.15, -0.1) is 0 Å². The van der Waals surface area contributed by atoms with E-state index in [0.717, 1.165) is 18.2 Å². The fourth-order valence-electron chi connectivity index (χ4n) is 3.07. The van der Waals surface area contributed by atoms with Gasteiger partial charge in [0.25, 0.3) is 5.91 Å². The van der Waals surface area contributed by atoms with E-state index in [1.54, 1.807) is 6.92 Å². The van der Waals surface area contributed by atoms with Gasteiger partial charge in [-0.05, 0) is 37.3 Å². The van der Waals surface area contributed by atoms with E-state index in [4.69, 9.17) is 5.73 Å². The molecule has 180 valence electrons. The van der Waals surface area contributed by atoms with Gasteiger partial charge in [-0.1, -0.05) is 30.9 Å². The molecule has 0 unspecified atom stereocenters. The SMILES string of the molecule is C=C/C(NC(=O)c1cccc(-c2c(F)cccc2F)n1)=C(\C=C/C)c1cc(N)nc(C(F)(F)F)n1. The van der Waals surface area contributed by atoms with Crippen molar-refractivity contribution in [1.82, 2.24) is 20.3 Å². The van der Waals surface area contributed by atoms with E-state index < -0.39 is 40.9 Å². The highest BCUT2D eigenvalue weighted by atomic mass is 19.4. The van der Waals surface area contributed by atoms with E-state index in [-0.39, 0.29) is 28.4 Å². The highest BCUT2D eigenvalue weighted by Gasteiger charge is 2.35. The molecule has 0 bridgehead atoms. The molecule has 0 radical (unpaired) electrons. The van der Waals surface area contributed by atoms with Crippen molar-refractivity contribution in [2.45, 2.75) is 13.1 Å². The van der Waals surface area contributed by atoms with Gasteiger partial charge in [0.05, 0.1) is 17.0 Å². The van der Waals surface area contributed by atoms with Crippen LogP contribution in [-0.4, -0.2) is 20.9 Å². The number of hydrogen-bond acceptors (Lipinski definition) is 5. The molecule has 0 fully saturated rings. The number of allylic oxidation sites excluding steroid dienone is 4. The monoisotopic (exact) mass is 487 g/mol. The Labute approximate surface area is 196 Å². The smallest absolute Gasteiger partial charge is 0.384 e. The van der Waals surface area contributed by atoms with Crippen molar-refractivity contribution in [2.75, 3.05) is 5.73 Å². The number of anilines is 1. The summed E-state index contributed by atoms with van der Waals surface area (Å²) in [6.45, 7) is 5.20. The number of nitrogens with two attached hydrogens (primary N) is 1. The number of nitrogens with zero attached hydrogens (tertiary/aromatic N) is 3. The zero-order valence-electron chi connectivity index (χ0n) is 18.2. The number of benzene rings is 1. The maximum Gasteiger partial charge on any atom is 0.451 e. The number of hydrogen-bond donors (Lipinski definition) is 2. The molecule has 0 atom stereocenters. The Bertz CT molecular complexity index is 1330. The van der Waals surface area contributed by atoms with Gasteiger partial charge < -0.3 is 11.1 Å². The largest absolute Gasteiger partial charge is 0.451 e. The minimum Gasteiger partial charge on any atom is -0.384 e. The number of amides is 1. The first-order chi connectivity index (χ1) is 16.5. The van der Waals surface area contributed by atoms with E-state index in [1.807, 2.05) is 0 Å². The van der Waals surface area contributed by atoms with Crippen LogP contribution in [-0.2, 0) is 6.18 Å². The third-order valence-electron chi connectivity index (χ3n) is 4.55. The Balaban J connectivity index is 2.04. The number of carbonyl (C=O) groups excluding carboxylic acids is 1. The van der Waals surface area contributed by atoms with Gasteiger partial charge in [0, 0.05) is 17.3 Å². The number of nitrogens with one attached hydrogen (secondary N) is 1. The number of rotatable bonds is 6. The number of alkyl halides is 3. The maximum absolute atomic E-state index is 14.1. The molecule has 1 amide bonds. The maximum atomic E-state index is 14.1. The molecule has 35 heavy (non-hydrogen) atoms. The summed E-state index contributed by atoms with van der Waals surface area (Å²) in [6.07, 6.45) is -0.748. The molecular weight excluding hydrogens is 469 g/mol. The number of pyridine rings is 1. The molecular formula is C24H18F5N5O. The van der Waals surface area contributed by atoms with E-state index in [9.17, 15) is 26.7 Å². The zero-order chi connectivity index (χ0) is 25.8. The molecule has 0 saturated carbocycles. The van der Waals surface area contributed by atoms with Crippen molar-refractivity contribution in [3.63, 3.8) is 0 Å². The Kier molecular flexibility index (Phi) is 7.38. The molecule has 0 saturated heterocycles. The molecule has 0 aliphatic carbocycles. The summed E-state index contributed by atoms with van der Waals surface area (Å²) in [4.78, 5) is 23.7. The third-order valence-corrected chi connectivity index (χ3v) is 4.55. The summed E-state index contributed by atoms with van der Waals surface area (Å²) in [5.41, 5.74) is 4.64. The highest BCUT2D eigenvalue weighted by molar-refractivity contribution is 5.96. The van der Waals surface area contributed by atoms with Crippen molar-refractivity contribution in [2.24, 2.45) is 0 Å². The molecule has 3 aromatic rings. The van der Waals surface area contributed by atoms with Crippen LogP contribution in [0.4, 0.5) is 27.8 Å². The predicted octanol–water partition coefficient (Wildman–Crippen LogP) is 5.32. The first kappa shape index (κ1) is 25.2. The predicted molar refractivity (Wildman–Crippen MR) is 120 cm³/mol. The van der Waals surface area contributed by atoms with Crippen molar-refractivity contribution >= 4 is 17.3 Å². The minimum absolute atomic E-state index is 0.0106. The Hall–Kier alpha value is -4.41. The molecule has 3 N–H and O–H groups in total. The second-order valence-corrected chi connectivity index (χ2v) is 6.99. The number of nitrogen functional groups attached to an aromatic ring is 1. The summed E-state index contributed by atoms with van der Waals surface area (Å²) >= 11 is 0. The molecule has 0 aliphatic rings. The van der Waals surface area contributed by atoms with E-state index in [1.165, 1.54) is 42.5 Å².